The number of Topliss-reactive ketones (excluding diaryl/α,β-unsaturated/α-hetero) is 1. The summed E-state index contributed by atoms with van der Waals surface area (Å²) in [6, 6.07) is 5.86. The number of carbonyl (C=O) groups is 1. The molecular formula is C19H26O2. The first-order valence-corrected chi connectivity index (χ1v) is 7.87. The van der Waals surface area contributed by atoms with Crippen molar-refractivity contribution >= 4 is 5.78 Å². The highest BCUT2D eigenvalue weighted by Crippen LogP contribution is 2.25. The fourth-order valence-electron chi connectivity index (χ4n) is 2.71. The molecule has 3 atom stereocenters. The van der Waals surface area contributed by atoms with Crippen LogP contribution in [0.4, 0.5) is 0 Å². The zero-order valence-corrected chi connectivity index (χ0v) is 13.6. The molecule has 1 aromatic carbocycles. The van der Waals surface area contributed by atoms with Gasteiger partial charge in [0.1, 0.15) is 6.10 Å². The van der Waals surface area contributed by atoms with Crippen LogP contribution in [0.1, 0.15) is 48.2 Å². The SMILES string of the molecule is Cc1ccc(C(=O)C(C)OCC2CC=CCC2C)cc1C. The van der Waals surface area contributed by atoms with E-state index in [2.05, 4.69) is 26.0 Å². The molecule has 1 aliphatic carbocycles. The number of aryl methyl sites for hydroxylation is 2. The summed E-state index contributed by atoms with van der Waals surface area (Å²) in [6.07, 6.45) is 6.28. The maximum Gasteiger partial charge on any atom is 0.191 e. The molecule has 0 saturated heterocycles. The number of ether oxygens (including phenoxy) is 1. The predicted octanol–water partition coefficient (Wildman–Crippen LogP) is 4.49. The smallest absolute Gasteiger partial charge is 0.191 e. The van der Waals surface area contributed by atoms with Crippen LogP contribution in [0.5, 0.6) is 0 Å². The van der Waals surface area contributed by atoms with Gasteiger partial charge >= 0.3 is 0 Å². The van der Waals surface area contributed by atoms with Gasteiger partial charge in [-0.3, -0.25) is 4.79 Å². The number of benzene rings is 1. The molecule has 0 heterocycles. The maximum absolute atomic E-state index is 12.4. The zero-order chi connectivity index (χ0) is 15.4. The van der Waals surface area contributed by atoms with Crippen LogP contribution in [0.2, 0.25) is 0 Å². The molecule has 0 N–H and O–H groups in total. The van der Waals surface area contributed by atoms with E-state index in [1.807, 2.05) is 32.0 Å². The van der Waals surface area contributed by atoms with Gasteiger partial charge in [-0.15, -0.1) is 0 Å². The van der Waals surface area contributed by atoms with Crippen LogP contribution >= 0.6 is 0 Å². The molecular weight excluding hydrogens is 260 g/mol. The lowest BCUT2D eigenvalue weighted by Gasteiger charge is -2.26. The molecule has 114 valence electrons. The largest absolute Gasteiger partial charge is 0.370 e. The van der Waals surface area contributed by atoms with Crippen molar-refractivity contribution in [2.24, 2.45) is 11.8 Å². The summed E-state index contributed by atoms with van der Waals surface area (Å²) in [4.78, 5) is 12.4. The maximum atomic E-state index is 12.4. The second-order valence-corrected chi connectivity index (χ2v) is 6.32. The normalized spacial score (nSPS) is 23.0. The number of hydrogen-bond acceptors (Lipinski definition) is 2. The molecule has 0 fully saturated rings. The van der Waals surface area contributed by atoms with Crippen LogP contribution in [0.25, 0.3) is 0 Å². The van der Waals surface area contributed by atoms with Crippen molar-refractivity contribution < 1.29 is 9.53 Å². The van der Waals surface area contributed by atoms with Gasteiger partial charge in [-0.25, -0.2) is 0 Å². The molecule has 2 rings (SSSR count). The zero-order valence-electron chi connectivity index (χ0n) is 13.6. The average Bonchev–Trinajstić information content (AvgIpc) is 2.48. The molecule has 0 saturated carbocycles. The Balaban J connectivity index is 1.93. The first kappa shape index (κ1) is 16.0. The third-order valence-corrected chi connectivity index (χ3v) is 4.64. The summed E-state index contributed by atoms with van der Waals surface area (Å²) >= 11 is 0. The molecule has 0 aliphatic heterocycles. The molecule has 1 aliphatic rings. The van der Waals surface area contributed by atoms with E-state index in [9.17, 15) is 4.79 Å². The lowest BCUT2D eigenvalue weighted by molar-refractivity contribution is 0.0256. The van der Waals surface area contributed by atoms with Crippen LogP contribution in [-0.4, -0.2) is 18.5 Å². The fraction of sp³-hybridized carbons (Fsp3) is 0.526. The molecule has 2 heteroatoms. The molecule has 2 nitrogen and oxygen atoms in total. The van der Waals surface area contributed by atoms with E-state index in [1.54, 1.807) is 0 Å². The molecule has 21 heavy (non-hydrogen) atoms. The van der Waals surface area contributed by atoms with E-state index in [-0.39, 0.29) is 11.9 Å². The first-order chi connectivity index (χ1) is 9.99. The van der Waals surface area contributed by atoms with Crippen molar-refractivity contribution in [2.75, 3.05) is 6.61 Å². The van der Waals surface area contributed by atoms with Crippen molar-refractivity contribution in [2.45, 2.75) is 46.6 Å². The Morgan fingerprint density at radius 2 is 1.95 bits per heavy atom. The van der Waals surface area contributed by atoms with Crippen LogP contribution in [0.3, 0.4) is 0 Å². The van der Waals surface area contributed by atoms with E-state index < -0.39 is 0 Å². The highest BCUT2D eigenvalue weighted by atomic mass is 16.5. The van der Waals surface area contributed by atoms with Crippen molar-refractivity contribution in [1.29, 1.82) is 0 Å². The lowest BCUT2D eigenvalue weighted by Crippen LogP contribution is -2.27. The van der Waals surface area contributed by atoms with Crippen LogP contribution in [0, 0.1) is 25.7 Å². The Hall–Kier alpha value is -1.41. The fourth-order valence-corrected chi connectivity index (χ4v) is 2.71. The van der Waals surface area contributed by atoms with Crippen molar-refractivity contribution in [3.8, 4) is 0 Å². The highest BCUT2D eigenvalue weighted by molar-refractivity contribution is 5.99. The highest BCUT2D eigenvalue weighted by Gasteiger charge is 2.22. The van der Waals surface area contributed by atoms with Crippen molar-refractivity contribution in [1.82, 2.24) is 0 Å². The second kappa shape index (κ2) is 7.04. The Morgan fingerprint density at radius 1 is 1.24 bits per heavy atom. The third-order valence-electron chi connectivity index (χ3n) is 4.64. The molecule has 0 bridgehead atoms. The number of rotatable bonds is 5. The number of ketones is 1. The Morgan fingerprint density at radius 3 is 2.62 bits per heavy atom. The minimum absolute atomic E-state index is 0.0807. The van der Waals surface area contributed by atoms with E-state index in [0.717, 1.165) is 24.0 Å². The van der Waals surface area contributed by atoms with Gasteiger partial charge < -0.3 is 4.74 Å². The van der Waals surface area contributed by atoms with Gasteiger partial charge in [-0.1, -0.05) is 31.2 Å². The van der Waals surface area contributed by atoms with Crippen LogP contribution < -0.4 is 0 Å². The summed E-state index contributed by atoms with van der Waals surface area (Å²) in [5.74, 6) is 1.25. The van der Waals surface area contributed by atoms with Gasteiger partial charge in [0, 0.05) is 5.56 Å². The average molecular weight is 286 g/mol. The minimum atomic E-state index is -0.370. The Bertz CT molecular complexity index is 530. The third kappa shape index (κ3) is 4.04. The number of hydrogen-bond donors (Lipinski definition) is 0. The summed E-state index contributed by atoms with van der Waals surface area (Å²) < 4.78 is 5.85. The van der Waals surface area contributed by atoms with Crippen LogP contribution in [0.15, 0.2) is 30.4 Å². The number of carbonyl (C=O) groups excluding carboxylic acids is 1. The van der Waals surface area contributed by atoms with Gasteiger partial charge in [0.15, 0.2) is 5.78 Å². The van der Waals surface area contributed by atoms with Gasteiger partial charge in [0.25, 0.3) is 0 Å². The van der Waals surface area contributed by atoms with Crippen molar-refractivity contribution in [3.05, 3.63) is 47.0 Å². The lowest BCUT2D eigenvalue weighted by atomic mass is 9.85. The monoisotopic (exact) mass is 286 g/mol. The molecule has 0 spiro atoms. The minimum Gasteiger partial charge on any atom is -0.370 e. The van der Waals surface area contributed by atoms with E-state index in [0.29, 0.717) is 18.4 Å². The Kier molecular flexibility index (Phi) is 5.35. The second-order valence-electron chi connectivity index (χ2n) is 6.32. The van der Waals surface area contributed by atoms with Crippen LogP contribution in [-0.2, 0) is 4.74 Å². The van der Waals surface area contributed by atoms with Gasteiger partial charge in [0.05, 0.1) is 6.61 Å². The summed E-state index contributed by atoms with van der Waals surface area (Å²) in [5.41, 5.74) is 3.12. The molecule has 0 amide bonds. The van der Waals surface area contributed by atoms with Crippen molar-refractivity contribution in [3.63, 3.8) is 0 Å². The number of allylic oxidation sites excluding steroid dienone is 2. The Labute approximate surface area is 128 Å². The standard InChI is InChI=1S/C19H26O2/c1-13-9-10-17(11-15(13)3)19(20)16(4)21-12-18-8-6-5-7-14(18)2/h5-6,9-11,14,16,18H,7-8,12H2,1-4H3. The molecule has 0 aromatic heterocycles. The molecule has 1 aromatic rings. The topological polar surface area (TPSA) is 26.3 Å². The van der Waals surface area contributed by atoms with Gasteiger partial charge in [0.2, 0.25) is 0 Å². The predicted molar refractivity (Wildman–Crippen MR) is 86.7 cm³/mol. The van der Waals surface area contributed by atoms with E-state index in [4.69, 9.17) is 4.74 Å². The van der Waals surface area contributed by atoms with Gasteiger partial charge in [-0.05, 0) is 62.6 Å². The van der Waals surface area contributed by atoms with E-state index in [1.165, 1.54) is 5.56 Å². The quantitative estimate of drug-likeness (QED) is 0.588. The molecule has 3 unspecified atom stereocenters. The first-order valence-electron chi connectivity index (χ1n) is 7.87. The summed E-state index contributed by atoms with van der Waals surface area (Å²) in [6.45, 7) is 8.88. The summed E-state index contributed by atoms with van der Waals surface area (Å²) in [5, 5.41) is 0. The van der Waals surface area contributed by atoms with Gasteiger partial charge in [-0.2, -0.15) is 0 Å². The summed E-state index contributed by atoms with van der Waals surface area (Å²) in [7, 11) is 0. The molecule has 0 radical (unpaired) electrons. The van der Waals surface area contributed by atoms with E-state index >= 15 is 0 Å².